The van der Waals surface area contributed by atoms with Gasteiger partial charge in [-0.15, -0.1) is 0 Å². The lowest BCUT2D eigenvalue weighted by molar-refractivity contribution is -0.145. The van der Waals surface area contributed by atoms with Crippen molar-refractivity contribution in [1.29, 1.82) is 0 Å². The predicted octanol–water partition coefficient (Wildman–Crippen LogP) is 1.75. The lowest BCUT2D eigenvalue weighted by Crippen LogP contribution is -2.60. The monoisotopic (exact) mass is 559 g/mol. The zero-order chi connectivity index (χ0) is 27.8. The molecule has 3 aromatic rings. The second-order valence-electron chi connectivity index (χ2n) is 9.54. The summed E-state index contributed by atoms with van der Waals surface area (Å²) in [5.41, 5.74) is 0.349. The topological polar surface area (TPSA) is 154 Å². The van der Waals surface area contributed by atoms with E-state index in [0.29, 0.717) is 48.9 Å². The van der Waals surface area contributed by atoms with E-state index in [1.54, 1.807) is 17.3 Å². The Morgan fingerprint density at radius 3 is 2.74 bits per heavy atom. The van der Waals surface area contributed by atoms with Crippen molar-refractivity contribution in [2.75, 3.05) is 38.7 Å². The number of rotatable bonds is 8. The first-order valence-corrected chi connectivity index (χ1v) is 12.7. The Hall–Kier alpha value is -3.97. The molecule has 14 heteroatoms. The zero-order valence-electron chi connectivity index (χ0n) is 21.6. The Kier molecular flexibility index (Phi) is 9.15. The number of nitrogens with zero attached hydrogens (tertiary/aromatic N) is 5. The summed E-state index contributed by atoms with van der Waals surface area (Å²) >= 11 is 5.71. The molecule has 2 N–H and O–H groups in total. The molecule has 0 saturated carbocycles. The van der Waals surface area contributed by atoms with Crippen molar-refractivity contribution in [2.24, 2.45) is 5.41 Å². The third-order valence-corrected chi connectivity index (χ3v) is 6.24. The predicted molar refractivity (Wildman–Crippen MR) is 141 cm³/mol. The van der Waals surface area contributed by atoms with Crippen LogP contribution in [0.15, 0.2) is 47.9 Å². The number of likely N-dealkylation sites (tertiary alicyclic amines) is 1. The molecule has 0 aliphatic carbocycles. The molecule has 2 aliphatic rings. The van der Waals surface area contributed by atoms with Crippen LogP contribution in [0.2, 0.25) is 5.15 Å². The molecule has 0 bridgehead atoms. The van der Waals surface area contributed by atoms with Crippen LogP contribution in [0.3, 0.4) is 0 Å². The van der Waals surface area contributed by atoms with E-state index >= 15 is 0 Å². The molecule has 0 spiro atoms. The van der Waals surface area contributed by atoms with Crippen LogP contribution in [0, 0.1) is 5.41 Å². The molecule has 39 heavy (non-hydrogen) atoms. The second-order valence-corrected chi connectivity index (χ2v) is 9.92. The maximum absolute atomic E-state index is 12.5. The maximum Gasteiger partial charge on any atom is 0.253 e. The molecule has 3 aromatic heterocycles. The van der Waals surface area contributed by atoms with E-state index in [4.69, 9.17) is 25.8 Å². The third kappa shape index (κ3) is 8.01. The molecular weight excluding hydrogens is 530 g/mol. The minimum atomic E-state index is -0.408. The number of aromatic nitrogens is 5. The van der Waals surface area contributed by atoms with Gasteiger partial charge in [-0.25, -0.2) is 9.97 Å². The van der Waals surface area contributed by atoms with Crippen LogP contribution in [0.1, 0.15) is 19.8 Å². The number of halogens is 1. The second kappa shape index (κ2) is 12.7. The summed E-state index contributed by atoms with van der Waals surface area (Å²) in [7, 11) is 1.51. The van der Waals surface area contributed by atoms with Crippen LogP contribution in [-0.4, -0.2) is 81.0 Å². The van der Waals surface area contributed by atoms with Gasteiger partial charge in [-0.05, 0) is 12.8 Å². The first kappa shape index (κ1) is 28.0. The SMILES string of the molecule is CC1(COc2cnc(Cl)cn2)CN(C(=O)Cn2cc(NC(=O)C3CCCO3)cn2)C1.COc1cc(=O)cc[nH]1. The summed E-state index contributed by atoms with van der Waals surface area (Å²) in [5, 5.41) is 7.24. The van der Waals surface area contributed by atoms with Gasteiger partial charge in [-0.2, -0.15) is 5.10 Å². The van der Waals surface area contributed by atoms with Gasteiger partial charge in [0, 0.05) is 49.6 Å². The van der Waals surface area contributed by atoms with Gasteiger partial charge in [0.05, 0.1) is 38.0 Å². The van der Waals surface area contributed by atoms with Gasteiger partial charge in [0.25, 0.3) is 5.91 Å². The Morgan fingerprint density at radius 1 is 1.28 bits per heavy atom. The Bertz CT molecular complexity index is 1320. The number of hydrogen-bond donors (Lipinski definition) is 2. The number of methoxy groups -OCH3 is 1. The highest BCUT2D eigenvalue weighted by atomic mass is 35.5. The minimum Gasteiger partial charge on any atom is -0.482 e. The van der Waals surface area contributed by atoms with Crippen molar-refractivity contribution in [3.05, 3.63) is 58.5 Å². The molecule has 208 valence electrons. The molecule has 2 amide bonds. The van der Waals surface area contributed by atoms with Crippen molar-refractivity contribution in [1.82, 2.24) is 29.6 Å². The van der Waals surface area contributed by atoms with Gasteiger partial charge in [0.15, 0.2) is 11.3 Å². The van der Waals surface area contributed by atoms with Crippen LogP contribution in [0.5, 0.6) is 11.8 Å². The summed E-state index contributed by atoms with van der Waals surface area (Å²) in [6, 6.07) is 2.82. The molecular formula is C25H30ClN7O6. The van der Waals surface area contributed by atoms with Crippen molar-refractivity contribution < 1.29 is 23.8 Å². The average molecular weight is 560 g/mol. The number of amides is 2. The van der Waals surface area contributed by atoms with E-state index in [2.05, 4.69) is 25.4 Å². The summed E-state index contributed by atoms with van der Waals surface area (Å²) in [5.74, 6) is 0.670. The molecule has 0 radical (unpaired) electrons. The smallest absolute Gasteiger partial charge is 0.253 e. The molecule has 13 nitrogen and oxygen atoms in total. The fourth-order valence-corrected chi connectivity index (χ4v) is 4.17. The maximum atomic E-state index is 12.5. The minimum absolute atomic E-state index is 0.0427. The number of H-pyrrole nitrogens is 1. The summed E-state index contributed by atoms with van der Waals surface area (Å²) < 4.78 is 17.3. The number of pyridine rings is 1. The van der Waals surface area contributed by atoms with Crippen molar-refractivity contribution >= 4 is 29.1 Å². The quantitative estimate of drug-likeness (QED) is 0.420. The molecule has 1 unspecified atom stereocenters. The van der Waals surface area contributed by atoms with E-state index in [1.165, 1.54) is 42.5 Å². The number of carbonyl (C=O) groups excluding carboxylic acids is 2. The van der Waals surface area contributed by atoms with Gasteiger partial charge >= 0.3 is 0 Å². The highest BCUT2D eigenvalue weighted by Gasteiger charge is 2.42. The summed E-state index contributed by atoms with van der Waals surface area (Å²) in [4.78, 5) is 47.6. The number of anilines is 1. The molecule has 2 aliphatic heterocycles. The standard InChI is InChI=1S/C19H23ClN6O4.C6H7NO2/c1-19(12-30-16-7-21-15(20)6-22-16)10-25(11-19)17(27)9-26-8-13(5-23-26)24-18(28)14-3-2-4-29-14;1-9-6-4-5(8)2-3-7-6/h5-8,14H,2-4,9-12H2,1H3,(H,24,28);2-4H,1H3,(H,7,8). The van der Waals surface area contributed by atoms with Crippen molar-refractivity contribution in [2.45, 2.75) is 32.4 Å². The molecule has 0 aromatic carbocycles. The fraction of sp³-hybridized carbons (Fsp3) is 0.440. The van der Waals surface area contributed by atoms with E-state index in [1.807, 2.05) is 6.92 Å². The van der Waals surface area contributed by atoms with Crippen molar-refractivity contribution in [3.8, 4) is 11.8 Å². The molecule has 5 rings (SSSR count). The molecule has 2 fully saturated rings. The van der Waals surface area contributed by atoms with Gasteiger partial charge in [-0.1, -0.05) is 18.5 Å². The first-order valence-electron chi connectivity index (χ1n) is 12.3. The highest BCUT2D eigenvalue weighted by Crippen LogP contribution is 2.30. The summed E-state index contributed by atoms with van der Waals surface area (Å²) in [6.07, 6.45) is 8.82. The van der Waals surface area contributed by atoms with Gasteiger partial charge in [0.1, 0.15) is 17.8 Å². The van der Waals surface area contributed by atoms with E-state index < -0.39 is 6.10 Å². The Labute approximate surface area is 229 Å². The largest absolute Gasteiger partial charge is 0.482 e. The van der Waals surface area contributed by atoms with Crippen LogP contribution in [0.25, 0.3) is 0 Å². The van der Waals surface area contributed by atoms with Crippen LogP contribution >= 0.6 is 11.6 Å². The van der Waals surface area contributed by atoms with Gasteiger partial charge in [-0.3, -0.25) is 19.1 Å². The van der Waals surface area contributed by atoms with E-state index in [0.717, 1.165) is 12.8 Å². The molecule has 5 heterocycles. The number of aromatic amines is 1. The highest BCUT2D eigenvalue weighted by molar-refractivity contribution is 6.29. The van der Waals surface area contributed by atoms with Gasteiger partial charge < -0.3 is 29.4 Å². The van der Waals surface area contributed by atoms with Crippen LogP contribution < -0.4 is 20.2 Å². The normalized spacial score (nSPS) is 17.4. The van der Waals surface area contributed by atoms with Gasteiger partial charge in [0.2, 0.25) is 11.8 Å². The number of ether oxygens (including phenoxy) is 3. The lowest BCUT2D eigenvalue weighted by Gasteiger charge is -2.47. The Morgan fingerprint density at radius 2 is 2.10 bits per heavy atom. The number of nitrogens with one attached hydrogen (secondary N) is 2. The zero-order valence-corrected chi connectivity index (χ0v) is 22.4. The number of hydrogen-bond acceptors (Lipinski definition) is 9. The first-order chi connectivity index (χ1) is 18.7. The number of carbonyl (C=O) groups is 2. The average Bonchev–Trinajstić information content (AvgIpc) is 3.60. The third-order valence-electron chi connectivity index (χ3n) is 6.05. The van der Waals surface area contributed by atoms with Crippen molar-refractivity contribution in [3.63, 3.8) is 0 Å². The van der Waals surface area contributed by atoms with Crippen LogP contribution in [0.4, 0.5) is 5.69 Å². The van der Waals surface area contributed by atoms with Crippen LogP contribution in [-0.2, 0) is 20.9 Å². The van der Waals surface area contributed by atoms with E-state index in [9.17, 15) is 14.4 Å². The molecule has 1 atom stereocenters. The van der Waals surface area contributed by atoms with E-state index in [-0.39, 0.29) is 29.2 Å². The lowest BCUT2D eigenvalue weighted by atomic mass is 9.83. The fourth-order valence-electron chi connectivity index (χ4n) is 4.07. The summed E-state index contributed by atoms with van der Waals surface area (Å²) in [6.45, 7) is 4.35. The molecule has 2 saturated heterocycles. The Balaban J connectivity index is 0.000000333.